The first-order chi connectivity index (χ1) is 14.0. The Bertz CT molecular complexity index is 802. The zero-order chi connectivity index (χ0) is 20.8. The van der Waals surface area contributed by atoms with Gasteiger partial charge in [0.05, 0.1) is 11.1 Å². The fourth-order valence-electron chi connectivity index (χ4n) is 3.95. The second-order valence-electron chi connectivity index (χ2n) is 7.68. The Kier molecular flexibility index (Phi) is 7.47. The molecule has 156 valence electrons. The van der Waals surface area contributed by atoms with Crippen LogP contribution in [0.4, 0.5) is 0 Å². The second kappa shape index (κ2) is 10.1. The van der Waals surface area contributed by atoms with Crippen molar-refractivity contribution in [3.8, 4) is 5.75 Å². The van der Waals surface area contributed by atoms with Crippen LogP contribution >= 0.6 is 15.9 Å². The van der Waals surface area contributed by atoms with E-state index in [0.717, 1.165) is 32.6 Å². The topological polar surface area (TPSA) is 66.9 Å². The molecule has 1 saturated carbocycles. The average molecular weight is 463 g/mol. The number of halogens is 1. The molecule has 0 unspecified atom stereocenters. The van der Waals surface area contributed by atoms with Crippen molar-refractivity contribution in [2.24, 2.45) is 5.92 Å². The minimum Gasteiger partial charge on any atom is -0.492 e. The molecule has 1 aliphatic heterocycles. The van der Waals surface area contributed by atoms with E-state index in [9.17, 15) is 14.4 Å². The standard InChI is InChI=1S/C22H27BrN2O4/c1-24-21(27)18(22(28)25(24)15-26)13-17-10-11-20(19(23)14-17)29-12-6-5-9-16-7-3-2-4-8-16/h10-11,13-16H,2-9,12H2,1H3/b18-13-. The Morgan fingerprint density at radius 3 is 2.55 bits per heavy atom. The molecular weight excluding hydrogens is 436 g/mol. The lowest BCUT2D eigenvalue weighted by atomic mass is 9.86. The quantitative estimate of drug-likeness (QED) is 0.249. The molecule has 1 aromatic rings. The highest BCUT2D eigenvalue weighted by Crippen LogP contribution is 2.30. The minimum absolute atomic E-state index is 0.0390. The first kappa shape index (κ1) is 21.6. The number of hydrazine groups is 1. The van der Waals surface area contributed by atoms with Crippen LogP contribution in [0.2, 0.25) is 0 Å². The lowest BCUT2D eigenvalue weighted by Gasteiger charge is -2.21. The van der Waals surface area contributed by atoms with Gasteiger partial charge in [-0.15, -0.1) is 0 Å². The summed E-state index contributed by atoms with van der Waals surface area (Å²) in [6.45, 7) is 0.668. The summed E-state index contributed by atoms with van der Waals surface area (Å²) in [6, 6.07) is 5.41. The summed E-state index contributed by atoms with van der Waals surface area (Å²) in [5.74, 6) is 0.511. The van der Waals surface area contributed by atoms with E-state index in [0.29, 0.717) is 18.6 Å². The van der Waals surface area contributed by atoms with Crippen LogP contribution in [0.1, 0.15) is 56.9 Å². The van der Waals surface area contributed by atoms with Gasteiger partial charge in [-0.1, -0.05) is 44.6 Å². The highest BCUT2D eigenvalue weighted by Gasteiger charge is 2.38. The van der Waals surface area contributed by atoms with E-state index in [1.54, 1.807) is 12.1 Å². The zero-order valence-corrected chi connectivity index (χ0v) is 18.3. The van der Waals surface area contributed by atoms with Crippen molar-refractivity contribution >= 4 is 40.2 Å². The minimum atomic E-state index is -0.623. The van der Waals surface area contributed by atoms with Crippen LogP contribution < -0.4 is 4.74 Å². The Balaban J connectivity index is 1.53. The van der Waals surface area contributed by atoms with Gasteiger partial charge in [0.15, 0.2) is 0 Å². The number of carbonyl (C=O) groups excluding carboxylic acids is 3. The van der Waals surface area contributed by atoms with E-state index in [-0.39, 0.29) is 5.57 Å². The third-order valence-corrected chi connectivity index (χ3v) is 6.26. The molecule has 1 saturated heterocycles. The fourth-order valence-corrected chi connectivity index (χ4v) is 4.46. The number of nitrogens with zero attached hydrogens (tertiary/aromatic N) is 2. The summed E-state index contributed by atoms with van der Waals surface area (Å²) in [4.78, 5) is 35.3. The molecule has 3 amide bonds. The first-order valence-corrected chi connectivity index (χ1v) is 11.0. The molecule has 29 heavy (non-hydrogen) atoms. The number of rotatable bonds is 8. The van der Waals surface area contributed by atoms with Gasteiger partial charge >= 0.3 is 0 Å². The number of amides is 3. The summed E-state index contributed by atoms with van der Waals surface area (Å²) in [5.41, 5.74) is 0.641. The number of likely N-dealkylation sites (N-methyl/N-ethyl adjacent to an activating group) is 1. The predicted molar refractivity (Wildman–Crippen MR) is 114 cm³/mol. The Morgan fingerprint density at radius 1 is 1.14 bits per heavy atom. The normalized spacial score (nSPS) is 19.3. The molecule has 0 atom stereocenters. The van der Waals surface area contributed by atoms with Crippen molar-refractivity contribution in [2.45, 2.75) is 51.4 Å². The van der Waals surface area contributed by atoms with Crippen molar-refractivity contribution in [2.75, 3.05) is 13.7 Å². The molecule has 1 aliphatic carbocycles. The number of unbranched alkanes of at least 4 members (excludes halogenated alkanes) is 1. The fraction of sp³-hybridized carbons (Fsp3) is 0.500. The van der Waals surface area contributed by atoms with Gasteiger partial charge in [-0.3, -0.25) is 14.4 Å². The van der Waals surface area contributed by atoms with Gasteiger partial charge in [0.2, 0.25) is 6.41 Å². The monoisotopic (exact) mass is 462 g/mol. The molecule has 0 bridgehead atoms. The maximum atomic E-state index is 12.2. The van der Waals surface area contributed by atoms with Crippen molar-refractivity contribution in [3.05, 3.63) is 33.8 Å². The maximum Gasteiger partial charge on any atom is 0.285 e. The molecule has 6 nitrogen and oxygen atoms in total. The molecule has 0 radical (unpaired) electrons. The average Bonchev–Trinajstić information content (AvgIpc) is 2.92. The summed E-state index contributed by atoms with van der Waals surface area (Å²) >= 11 is 3.49. The van der Waals surface area contributed by atoms with Crippen LogP contribution in [-0.2, 0) is 14.4 Å². The van der Waals surface area contributed by atoms with Crippen LogP contribution in [-0.4, -0.2) is 41.9 Å². The molecule has 3 rings (SSSR count). The van der Waals surface area contributed by atoms with Gasteiger partial charge in [0, 0.05) is 7.05 Å². The van der Waals surface area contributed by atoms with E-state index in [4.69, 9.17) is 4.74 Å². The number of benzene rings is 1. The molecule has 0 spiro atoms. The van der Waals surface area contributed by atoms with E-state index in [2.05, 4.69) is 15.9 Å². The van der Waals surface area contributed by atoms with E-state index >= 15 is 0 Å². The lowest BCUT2D eigenvalue weighted by molar-refractivity contribution is -0.151. The van der Waals surface area contributed by atoms with E-state index in [1.165, 1.54) is 58.1 Å². The van der Waals surface area contributed by atoms with Gasteiger partial charge < -0.3 is 4.74 Å². The third-order valence-electron chi connectivity index (χ3n) is 5.64. The Labute approximate surface area is 180 Å². The van der Waals surface area contributed by atoms with Crippen LogP contribution in [0.25, 0.3) is 6.08 Å². The Morgan fingerprint density at radius 2 is 1.90 bits per heavy atom. The van der Waals surface area contributed by atoms with E-state index < -0.39 is 11.8 Å². The number of carbonyl (C=O) groups is 3. The lowest BCUT2D eigenvalue weighted by Crippen LogP contribution is -2.36. The van der Waals surface area contributed by atoms with Crippen LogP contribution in [0.15, 0.2) is 28.2 Å². The molecular formula is C22H27BrN2O4. The van der Waals surface area contributed by atoms with Crippen LogP contribution in [0.3, 0.4) is 0 Å². The number of ether oxygens (including phenoxy) is 1. The Hall–Kier alpha value is -2.15. The number of hydrogen-bond donors (Lipinski definition) is 0. The van der Waals surface area contributed by atoms with Crippen molar-refractivity contribution in [1.82, 2.24) is 10.0 Å². The summed E-state index contributed by atoms with van der Waals surface area (Å²) in [7, 11) is 1.39. The molecule has 2 fully saturated rings. The predicted octanol–water partition coefficient (Wildman–Crippen LogP) is 4.33. The van der Waals surface area contributed by atoms with Crippen LogP contribution in [0, 0.1) is 5.92 Å². The smallest absolute Gasteiger partial charge is 0.285 e. The van der Waals surface area contributed by atoms with Crippen LogP contribution in [0.5, 0.6) is 5.75 Å². The largest absolute Gasteiger partial charge is 0.492 e. The van der Waals surface area contributed by atoms with Gasteiger partial charge in [-0.05, 0) is 58.5 Å². The molecule has 0 N–H and O–H groups in total. The molecule has 1 heterocycles. The third kappa shape index (κ3) is 5.26. The van der Waals surface area contributed by atoms with Gasteiger partial charge in [-0.2, -0.15) is 5.01 Å². The summed E-state index contributed by atoms with van der Waals surface area (Å²) in [6.07, 6.45) is 12.3. The summed E-state index contributed by atoms with van der Waals surface area (Å²) in [5, 5.41) is 1.76. The highest BCUT2D eigenvalue weighted by atomic mass is 79.9. The molecule has 0 aromatic heterocycles. The van der Waals surface area contributed by atoms with Gasteiger partial charge in [-0.25, -0.2) is 5.01 Å². The zero-order valence-electron chi connectivity index (χ0n) is 16.7. The molecule has 1 aromatic carbocycles. The van der Waals surface area contributed by atoms with Crippen molar-refractivity contribution in [3.63, 3.8) is 0 Å². The number of imide groups is 1. The van der Waals surface area contributed by atoms with Gasteiger partial charge in [0.25, 0.3) is 11.8 Å². The maximum absolute atomic E-state index is 12.2. The van der Waals surface area contributed by atoms with Gasteiger partial charge in [0.1, 0.15) is 11.3 Å². The number of hydrogen-bond acceptors (Lipinski definition) is 4. The molecule has 7 heteroatoms. The van der Waals surface area contributed by atoms with Crippen molar-refractivity contribution in [1.29, 1.82) is 0 Å². The van der Waals surface area contributed by atoms with Crippen molar-refractivity contribution < 1.29 is 19.1 Å². The SMILES string of the molecule is CN1C(=O)/C(=C/c2ccc(OCCCCC3CCCCC3)c(Br)c2)C(=O)N1C=O. The highest BCUT2D eigenvalue weighted by molar-refractivity contribution is 9.10. The summed E-state index contributed by atoms with van der Waals surface area (Å²) < 4.78 is 6.64. The second-order valence-corrected chi connectivity index (χ2v) is 8.53. The van der Waals surface area contributed by atoms with E-state index in [1.807, 2.05) is 6.07 Å². The molecule has 2 aliphatic rings. The first-order valence-electron chi connectivity index (χ1n) is 10.2.